The number of pyridine rings is 1. The molecule has 0 saturated carbocycles. The number of guanidine groups is 1. The number of thioether (sulfide) groups is 1. The van der Waals surface area contributed by atoms with Crippen molar-refractivity contribution in [3.8, 4) is 0 Å². The first-order valence-corrected chi connectivity index (χ1v) is 9.12. The zero-order valence-corrected chi connectivity index (χ0v) is 15.4. The van der Waals surface area contributed by atoms with Crippen molar-refractivity contribution in [3.05, 3.63) is 59.9 Å². The Morgan fingerprint density at radius 2 is 2.00 bits per heavy atom. The molecule has 2 rings (SSSR count). The Morgan fingerprint density at radius 1 is 1.21 bits per heavy atom. The van der Waals surface area contributed by atoms with Crippen molar-refractivity contribution >= 4 is 17.7 Å². The number of hydrogen-bond donors (Lipinski definition) is 2. The molecule has 0 aliphatic carbocycles. The molecule has 0 aliphatic heterocycles. The largest absolute Gasteiger partial charge is 0.356 e. The molecule has 24 heavy (non-hydrogen) atoms. The van der Waals surface area contributed by atoms with E-state index in [4.69, 9.17) is 0 Å². The average molecular weight is 343 g/mol. The summed E-state index contributed by atoms with van der Waals surface area (Å²) in [5.41, 5.74) is 2.55. The lowest BCUT2D eigenvalue weighted by molar-refractivity contribution is 0.778. The van der Waals surface area contributed by atoms with Crippen LogP contribution in [0.1, 0.15) is 18.1 Å². The first-order chi connectivity index (χ1) is 11.7. The van der Waals surface area contributed by atoms with Gasteiger partial charge in [0.25, 0.3) is 0 Å². The van der Waals surface area contributed by atoms with E-state index in [9.17, 15) is 0 Å². The molecule has 0 fully saturated rings. The van der Waals surface area contributed by atoms with Crippen LogP contribution in [0.4, 0.5) is 0 Å². The Bertz CT molecular complexity index is 643. The third kappa shape index (κ3) is 6.24. The monoisotopic (exact) mass is 342 g/mol. The second kappa shape index (κ2) is 9.98. The SMILES string of the molecule is CN=C(NCCc1ccncc1C)NCC(C)Sc1ccccc1. The van der Waals surface area contributed by atoms with E-state index in [2.05, 4.69) is 64.8 Å². The van der Waals surface area contributed by atoms with Crippen LogP contribution in [0.25, 0.3) is 0 Å². The number of rotatable bonds is 7. The minimum absolute atomic E-state index is 0.466. The van der Waals surface area contributed by atoms with Crippen molar-refractivity contribution in [2.45, 2.75) is 30.4 Å². The topological polar surface area (TPSA) is 49.3 Å². The number of nitrogens with zero attached hydrogens (tertiary/aromatic N) is 2. The second-order valence-electron chi connectivity index (χ2n) is 5.67. The molecule has 5 heteroatoms. The molecule has 4 nitrogen and oxygen atoms in total. The van der Waals surface area contributed by atoms with Gasteiger partial charge in [0.1, 0.15) is 0 Å². The van der Waals surface area contributed by atoms with Crippen LogP contribution in [-0.4, -0.2) is 36.3 Å². The number of aromatic nitrogens is 1. The zero-order chi connectivity index (χ0) is 17.2. The Balaban J connectivity index is 1.71. The van der Waals surface area contributed by atoms with Crippen LogP contribution in [0.5, 0.6) is 0 Å². The lowest BCUT2D eigenvalue weighted by Crippen LogP contribution is -2.40. The molecule has 1 aromatic carbocycles. The van der Waals surface area contributed by atoms with Gasteiger partial charge in [-0.25, -0.2) is 0 Å². The van der Waals surface area contributed by atoms with Gasteiger partial charge >= 0.3 is 0 Å². The third-order valence-corrected chi connectivity index (χ3v) is 4.80. The summed E-state index contributed by atoms with van der Waals surface area (Å²) < 4.78 is 0. The molecule has 1 unspecified atom stereocenters. The number of nitrogens with one attached hydrogen (secondary N) is 2. The summed E-state index contributed by atoms with van der Waals surface area (Å²) in [4.78, 5) is 9.72. The second-order valence-corrected chi connectivity index (χ2v) is 7.19. The van der Waals surface area contributed by atoms with Gasteiger partial charge < -0.3 is 10.6 Å². The van der Waals surface area contributed by atoms with Crippen molar-refractivity contribution in [2.24, 2.45) is 4.99 Å². The summed E-state index contributed by atoms with van der Waals surface area (Å²) in [7, 11) is 1.81. The van der Waals surface area contributed by atoms with Gasteiger partial charge in [-0.15, -0.1) is 11.8 Å². The van der Waals surface area contributed by atoms with Gasteiger partial charge in [-0.05, 0) is 42.7 Å². The maximum absolute atomic E-state index is 4.29. The van der Waals surface area contributed by atoms with Crippen LogP contribution in [0.15, 0.2) is 58.7 Å². The molecule has 128 valence electrons. The maximum Gasteiger partial charge on any atom is 0.191 e. The van der Waals surface area contributed by atoms with Gasteiger partial charge in [0, 0.05) is 42.7 Å². The standard InChI is InChI=1S/C19H26N4S/c1-15-13-21-11-9-17(15)10-12-22-19(20-3)23-14-16(2)24-18-7-5-4-6-8-18/h4-9,11,13,16H,10,12,14H2,1-3H3,(H2,20,22,23). The van der Waals surface area contributed by atoms with Gasteiger partial charge in [0.2, 0.25) is 0 Å². The van der Waals surface area contributed by atoms with Crippen LogP contribution >= 0.6 is 11.8 Å². The van der Waals surface area contributed by atoms with Crippen LogP contribution in [-0.2, 0) is 6.42 Å². The fraction of sp³-hybridized carbons (Fsp3) is 0.368. The van der Waals surface area contributed by atoms with E-state index in [1.54, 1.807) is 0 Å². The van der Waals surface area contributed by atoms with E-state index in [1.807, 2.05) is 37.3 Å². The van der Waals surface area contributed by atoms with Crippen molar-refractivity contribution in [3.63, 3.8) is 0 Å². The molecule has 0 bridgehead atoms. The highest BCUT2D eigenvalue weighted by Gasteiger charge is 2.06. The first kappa shape index (κ1) is 18.3. The number of benzene rings is 1. The fourth-order valence-electron chi connectivity index (χ4n) is 2.33. The summed E-state index contributed by atoms with van der Waals surface area (Å²) in [6.45, 7) is 6.04. The van der Waals surface area contributed by atoms with Gasteiger partial charge in [-0.3, -0.25) is 9.98 Å². The van der Waals surface area contributed by atoms with E-state index < -0.39 is 0 Å². The van der Waals surface area contributed by atoms with Crippen molar-refractivity contribution in [1.29, 1.82) is 0 Å². The smallest absolute Gasteiger partial charge is 0.191 e. The zero-order valence-electron chi connectivity index (χ0n) is 14.6. The third-order valence-electron chi connectivity index (χ3n) is 3.68. The lowest BCUT2D eigenvalue weighted by atomic mass is 10.1. The maximum atomic E-state index is 4.29. The molecule has 0 spiro atoms. The van der Waals surface area contributed by atoms with E-state index in [-0.39, 0.29) is 0 Å². The summed E-state index contributed by atoms with van der Waals surface area (Å²) in [6, 6.07) is 12.6. The molecule has 1 heterocycles. The summed E-state index contributed by atoms with van der Waals surface area (Å²) in [5, 5.41) is 7.24. The Hall–Kier alpha value is -2.01. The van der Waals surface area contributed by atoms with Crippen LogP contribution in [0.2, 0.25) is 0 Å². The summed E-state index contributed by atoms with van der Waals surface area (Å²) in [6.07, 6.45) is 4.71. The van der Waals surface area contributed by atoms with Gasteiger partial charge in [-0.2, -0.15) is 0 Å². The predicted octanol–water partition coefficient (Wildman–Crippen LogP) is 3.28. The predicted molar refractivity (Wildman–Crippen MR) is 104 cm³/mol. The molecule has 2 aromatic rings. The quantitative estimate of drug-likeness (QED) is 0.461. The highest BCUT2D eigenvalue weighted by atomic mass is 32.2. The number of aliphatic imine (C=N–C) groups is 1. The fourth-order valence-corrected chi connectivity index (χ4v) is 3.28. The molecular weight excluding hydrogens is 316 g/mol. The Kier molecular flexibility index (Phi) is 7.62. The van der Waals surface area contributed by atoms with Crippen molar-refractivity contribution in [1.82, 2.24) is 15.6 Å². The molecule has 0 aliphatic rings. The number of aryl methyl sites for hydroxylation is 1. The van der Waals surface area contributed by atoms with Gasteiger partial charge in [0.15, 0.2) is 5.96 Å². The molecule has 0 amide bonds. The number of hydrogen-bond acceptors (Lipinski definition) is 3. The first-order valence-electron chi connectivity index (χ1n) is 8.24. The van der Waals surface area contributed by atoms with E-state index in [0.717, 1.165) is 25.5 Å². The van der Waals surface area contributed by atoms with Gasteiger partial charge in [0.05, 0.1) is 0 Å². The van der Waals surface area contributed by atoms with Crippen molar-refractivity contribution < 1.29 is 0 Å². The molecular formula is C19H26N4S. The van der Waals surface area contributed by atoms with E-state index >= 15 is 0 Å². The molecule has 1 atom stereocenters. The minimum Gasteiger partial charge on any atom is -0.356 e. The normalized spacial score (nSPS) is 12.7. The van der Waals surface area contributed by atoms with Crippen molar-refractivity contribution in [2.75, 3.05) is 20.1 Å². The minimum atomic E-state index is 0.466. The molecule has 2 N–H and O–H groups in total. The van der Waals surface area contributed by atoms with Crippen LogP contribution in [0, 0.1) is 6.92 Å². The lowest BCUT2D eigenvalue weighted by Gasteiger charge is -2.16. The summed E-state index contributed by atoms with van der Waals surface area (Å²) in [5.74, 6) is 0.849. The Labute approximate surface area is 149 Å². The molecule has 0 radical (unpaired) electrons. The average Bonchev–Trinajstić information content (AvgIpc) is 2.60. The van der Waals surface area contributed by atoms with Crippen LogP contribution in [0.3, 0.4) is 0 Å². The Morgan fingerprint density at radius 3 is 2.71 bits per heavy atom. The van der Waals surface area contributed by atoms with E-state index in [1.165, 1.54) is 16.0 Å². The highest BCUT2D eigenvalue weighted by Crippen LogP contribution is 2.21. The highest BCUT2D eigenvalue weighted by molar-refractivity contribution is 8.00. The van der Waals surface area contributed by atoms with E-state index in [0.29, 0.717) is 5.25 Å². The van der Waals surface area contributed by atoms with Gasteiger partial charge in [-0.1, -0.05) is 25.1 Å². The molecule has 1 aromatic heterocycles. The molecule has 0 saturated heterocycles. The summed E-state index contributed by atoms with van der Waals surface area (Å²) >= 11 is 1.87. The van der Waals surface area contributed by atoms with Crippen LogP contribution < -0.4 is 10.6 Å².